The third-order valence-electron chi connectivity index (χ3n) is 0.924. The topological polar surface area (TPSA) is 3.24 Å². The Labute approximate surface area is 64.0 Å². The first-order chi connectivity index (χ1) is 4.52. The molecule has 0 aliphatic heterocycles. The summed E-state index contributed by atoms with van der Waals surface area (Å²) < 4.78 is 0. The second kappa shape index (κ2) is 4.15. The molecule has 0 atom stereocenters. The molecule has 0 aliphatic rings. The van der Waals surface area contributed by atoms with Gasteiger partial charge < -0.3 is 4.90 Å². The average molecular weight is 139 g/mol. The Bertz CT molecular complexity index is 128. The first-order valence-electron chi connectivity index (χ1n) is 3.54. The molecule has 0 N–H and O–H groups in total. The minimum Gasteiger partial charge on any atom is -0.357 e. The maximum absolute atomic E-state index is 2.10. The second-order valence-corrected chi connectivity index (χ2v) is 3.08. The van der Waals surface area contributed by atoms with Crippen LogP contribution in [0.25, 0.3) is 0 Å². The molecule has 0 fully saturated rings. The van der Waals surface area contributed by atoms with Crippen LogP contribution in [0.5, 0.6) is 0 Å². The Hall–Kier alpha value is -0.720. The molecule has 0 aromatic carbocycles. The van der Waals surface area contributed by atoms with E-state index in [-0.39, 0.29) is 0 Å². The van der Waals surface area contributed by atoms with Gasteiger partial charge in [-0.2, -0.15) is 0 Å². The summed E-state index contributed by atoms with van der Waals surface area (Å²) in [4.78, 5) is 2.07. The van der Waals surface area contributed by atoms with Crippen LogP contribution in [0.1, 0.15) is 27.7 Å². The van der Waals surface area contributed by atoms with Crippen LogP contribution in [0.15, 0.2) is 23.5 Å². The zero-order chi connectivity index (χ0) is 8.15. The van der Waals surface area contributed by atoms with E-state index in [1.165, 1.54) is 11.1 Å². The van der Waals surface area contributed by atoms with Crippen LogP contribution in [0.4, 0.5) is 0 Å². The molecule has 0 spiro atoms. The first kappa shape index (κ1) is 9.28. The Morgan fingerprint density at radius 1 is 0.900 bits per heavy atom. The van der Waals surface area contributed by atoms with Gasteiger partial charge in [0.2, 0.25) is 0 Å². The summed E-state index contributed by atoms with van der Waals surface area (Å²) in [6.45, 7) is 8.37. The van der Waals surface area contributed by atoms with Crippen molar-refractivity contribution in [3.05, 3.63) is 23.5 Å². The predicted octanol–water partition coefficient (Wildman–Crippen LogP) is 2.77. The standard InChI is InChI=1S/C9H17N/c1-8(2)6-10(5)7-9(3)4/h6-7H,1-5H3. The van der Waals surface area contributed by atoms with Crippen molar-refractivity contribution < 1.29 is 0 Å². The van der Waals surface area contributed by atoms with Crippen LogP contribution in [-0.4, -0.2) is 11.9 Å². The summed E-state index contributed by atoms with van der Waals surface area (Å²) in [5.41, 5.74) is 2.64. The van der Waals surface area contributed by atoms with Gasteiger partial charge in [-0.1, -0.05) is 11.1 Å². The molecule has 1 heteroatoms. The molecule has 0 rings (SSSR count). The Kier molecular flexibility index (Phi) is 3.85. The third kappa shape index (κ3) is 5.42. The van der Waals surface area contributed by atoms with Crippen LogP contribution in [0.3, 0.4) is 0 Å². The second-order valence-electron chi connectivity index (χ2n) is 3.08. The fourth-order valence-electron chi connectivity index (χ4n) is 0.852. The van der Waals surface area contributed by atoms with Crippen LogP contribution in [-0.2, 0) is 0 Å². The molecule has 1 nitrogen and oxygen atoms in total. The van der Waals surface area contributed by atoms with Gasteiger partial charge in [-0.3, -0.25) is 0 Å². The van der Waals surface area contributed by atoms with E-state index < -0.39 is 0 Å². The lowest BCUT2D eigenvalue weighted by atomic mass is 10.3. The molecule has 0 aliphatic carbocycles. The molecule has 0 bridgehead atoms. The van der Waals surface area contributed by atoms with E-state index >= 15 is 0 Å². The number of hydrogen-bond donors (Lipinski definition) is 0. The van der Waals surface area contributed by atoms with Gasteiger partial charge in [0, 0.05) is 19.4 Å². The summed E-state index contributed by atoms with van der Waals surface area (Å²) in [6, 6.07) is 0. The highest BCUT2D eigenvalue weighted by molar-refractivity contribution is 5.00. The lowest BCUT2D eigenvalue weighted by Crippen LogP contribution is -2.01. The molecule has 0 amide bonds. The molecule has 10 heavy (non-hydrogen) atoms. The minimum atomic E-state index is 1.32. The van der Waals surface area contributed by atoms with Crippen molar-refractivity contribution in [1.82, 2.24) is 4.90 Å². The highest BCUT2D eigenvalue weighted by atomic mass is 15.0. The van der Waals surface area contributed by atoms with Gasteiger partial charge in [0.25, 0.3) is 0 Å². The van der Waals surface area contributed by atoms with Crippen molar-refractivity contribution in [3.8, 4) is 0 Å². The van der Waals surface area contributed by atoms with Gasteiger partial charge in [0.1, 0.15) is 0 Å². The Morgan fingerprint density at radius 2 is 1.20 bits per heavy atom. The highest BCUT2D eigenvalue weighted by Crippen LogP contribution is 1.97. The predicted molar refractivity (Wildman–Crippen MR) is 46.6 cm³/mol. The molecule has 0 aromatic rings. The van der Waals surface area contributed by atoms with Crippen molar-refractivity contribution in [2.24, 2.45) is 0 Å². The maximum Gasteiger partial charge on any atom is 0.0106 e. The number of allylic oxidation sites excluding steroid dienone is 2. The molecule has 0 saturated carbocycles. The SMILES string of the molecule is CC(C)=CN(C)C=C(C)C. The zero-order valence-electron chi connectivity index (χ0n) is 7.60. The monoisotopic (exact) mass is 139 g/mol. The van der Waals surface area contributed by atoms with Crippen molar-refractivity contribution in [2.75, 3.05) is 7.05 Å². The smallest absolute Gasteiger partial charge is 0.0106 e. The van der Waals surface area contributed by atoms with E-state index in [4.69, 9.17) is 0 Å². The highest BCUT2D eigenvalue weighted by Gasteiger charge is 1.84. The van der Waals surface area contributed by atoms with Gasteiger partial charge in [-0.15, -0.1) is 0 Å². The van der Waals surface area contributed by atoms with Crippen molar-refractivity contribution in [2.45, 2.75) is 27.7 Å². The van der Waals surface area contributed by atoms with Crippen molar-refractivity contribution in [3.63, 3.8) is 0 Å². The summed E-state index contributed by atoms with van der Waals surface area (Å²) in [5.74, 6) is 0. The van der Waals surface area contributed by atoms with Crippen LogP contribution in [0.2, 0.25) is 0 Å². The van der Waals surface area contributed by atoms with Crippen LogP contribution >= 0.6 is 0 Å². The summed E-state index contributed by atoms with van der Waals surface area (Å²) in [6.07, 6.45) is 4.21. The third-order valence-corrected chi connectivity index (χ3v) is 0.924. The van der Waals surface area contributed by atoms with E-state index in [9.17, 15) is 0 Å². The molecule has 0 heterocycles. The van der Waals surface area contributed by atoms with Crippen molar-refractivity contribution >= 4 is 0 Å². The molecule has 58 valence electrons. The molecule has 0 aromatic heterocycles. The van der Waals surface area contributed by atoms with E-state index in [2.05, 4.69) is 45.0 Å². The molecule has 0 saturated heterocycles. The lowest BCUT2D eigenvalue weighted by Gasteiger charge is -2.08. The van der Waals surface area contributed by atoms with E-state index in [1.54, 1.807) is 0 Å². The number of rotatable bonds is 2. The van der Waals surface area contributed by atoms with Gasteiger partial charge in [-0.25, -0.2) is 0 Å². The molecular formula is C9H17N. The molecular weight excluding hydrogens is 122 g/mol. The lowest BCUT2D eigenvalue weighted by molar-refractivity contribution is 0.612. The van der Waals surface area contributed by atoms with Crippen molar-refractivity contribution in [1.29, 1.82) is 0 Å². The quantitative estimate of drug-likeness (QED) is 0.568. The average Bonchev–Trinajstić information content (AvgIpc) is 1.58. The first-order valence-corrected chi connectivity index (χ1v) is 3.54. The summed E-state index contributed by atoms with van der Waals surface area (Å²) >= 11 is 0. The summed E-state index contributed by atoms with van der Waals surface area (Å²) in [5, 5.41) is 0. The number of hydrogen-bond acceptors (Lipinski definition) is 1. The van der Waals surface area contributed by atoms with Gasteiger partial charge in [0.15, 0.2) is 0 Å². The largest absolute Gasteiger partial charge is 0.357 e. The van der Waals surface area contributed by atoms with E-state index in [1.807, 2.05) is 7.05 Å². The normalized spacial score (nSPS) is 8.50. The fourth-order valence-corrected chi connectivity index (χ4v) is 0.852. The van der Waals surface area contributed by atoms with E-state index in [0.29, 0.717) is 0 Å². The Balaban J connectivity index is 3.99. The Morgan fingerprint density at radius 3 is 1.40 bits per heavy atom. The molecule has 0 radical (unpaired) electrons. The fraction of sp³-hybridized carbons (Fsp3) is 0.556. The number of nitrogens with zero attached hydrogens (tertiary/aromatic N) is 1. The zero-order valence-corrected chi connectivity index (χ0v) is 7.60. The van der Waals surface area contributed by atoms with Crippen LogP contribution < -0.4 is 0 Å². The molecule has 0 unspecified atom stereocenters. The van der Waals surface area contributed by atoms with Crippen LogP contribution in [0, 0.1) is 0 Å². The minimum absolute atomic E-state index is 1.32. The maximum atomic E-state index is 2.10. The van der Waals surface area contributed by atoms with Gasteiger partial charge in [-0.05, 0) is 27.7 Å². The summed E-state index contributed by atoms with van der Waals surface area (Å²) in [7, 11) is 2.04. The van der Waals surface area contributed by atoms with Gasteiger partial charge >= 0.3 is 0 Å². The van der Waals surface area contributed by atoms with Gasteiger partial charge in [0.05, 0.1) is 0 Å². The van der Waals surface area contributed by atoms with E-state index in [0.717, 1.165) is 0 Å².